The summed E-state index contributed by atoms with van der Waals surface area (Å²) in [5.74, 6) is -0.882. The van der Waals surface area contributed by atoms with E-state index in [1.54, 1.807) is 0 Å². The minimum Gasteiger partial charge on any atom is -0.359 e. The van der Waals surface area contributed by atoms with Crippen molar-refractivity contribution in [2.45, 2.75) is 64.7 Å². The van der Waals surface area contributed by atoms with Crippen molar-refractivity contribution >= 4 is 11.6 Å². The first-order valence-corrected chi connectivity index (χ1v) is 9.11. The third-order valence-electron chi connectivity index (χ3n) is 4.16. The van der Waals surface area contributed by atoms with E-state index in [-0.39, 0.29) is 16.3 Å². The van der Waals surface area contributed by atoms with Gasteiger partial charge in [-0.1, -0.05) is 74.7 Å². The van der Waals surface area contributed by atoms with Gasteiger partial charge < -0.3 is 4.52 Å². The predicted octanol–water partition coefficient (Wildman–Crippen LogP) is 6.96. The summed E-state index contributed by atoms with van der Waals surface area (Å²) < 4.78 is 32.9. The largest absolute Gasteiger partial charge is 0.359 e. The van der Waals surface area contributed by atoms with Crippen LogP contribution in [0.1, 0.15) is 64.1 Å². The molecule has 1 aromatic carbocycles. The molecule has 24 heavy (non-hydrogen) atoms. The average molecular weight is 356 g/mol. The second-order valence-electron chi connectivity index (χ2n) is 6.09. The lowest BCUT2D eigenvalue weighted by atomic mass is 10.1. The molecule has 0 aliphatic carbocycles. The van der Waals surface area contributed by atoms with E-state index in [1.807, 2.05) is 0 Å². The van der Waals surface area contributed by atoms with Gasteiger partial charge in [0.25, 0.3) is 0 Å². The van der Waals surface area contributed by atoms with Crippen LogP contribution in [-0.4, -0.2) is 5.16 Å². The van der Waals surface area contributed by atoms with E-state index in [4.69, 9.17) is 16.1 Å². The van der Waals surface area contributed by atoms with E-state index in [0.717, 1.165) is 12.8 Å². The van der Waals surface area contributed by atoms with Crippen LogP contribution in [0.25, 0.3) is 11.3 Å². The molecule has 2 rings (SSSR count). The zero-order valence-corrected chi connectivity index (χ0v) is 14.8. The summed E-state index contributed by atoms with van der Waals surface area (Å²) >= 11 is 6.21. The van der Waals surface area contributed by atoms with Crippen LogP contribution in [-0.2, 0) is 6.42 Å². The molecule has 0 aliphatic rings. The molecule has 0 spiro atoms. The predicted molar refractivity (Wildman–Crippen MR) is 93.2 cm³/mol. The van der Waals surface area contributed by atoms with Gasteiger partial charge in [0.05, 0.1) is 5.56 Å². The van der Waals surface area contributed by atoms with Crippen molar-refractivity contribution < 1.29 is 13.3 Å². The molecule has 2 aromatic rings. The Morgan fingerprint density at radius 3 is 2.17 bits per heavy atom. The maximum absolute atomic E-state index is 13.8. The van der Waals surface area contributed by atoms with Crippen molar-refractivity contribution in [3.63, 3.8) is 0 Å². The molecule has 0 radical (unpaired) electrons. The SMILES string of the molecule is CCCCCCCCCCc1onc(-c2c(F)cccc2F)c1Cl. The molecule has 0 amide bonds. The Morgan fingerprint density at radius 1 is 0.958 bits per heavy atom. The van der Waals surface area contributed by atoms with Gasteiger partial charge in [0.15, 0.2) is 5.76 Å². The van der Waals surface area contributed by atoms with Gasteiger partial charge in [-0.15, -0.1) is 0 Å². The third kappa shape index (κ3) is 5.04. The molecule has 0 aliphatic heterocycles. The Balaban J connectivity index is 1.85. The Labute approximate surface area is 147 Å². The fraction of sp³-hybridized carbons (Fsp3) is 0.526. The topological polar surface area (TPSA) is 26.0 Å². The summed E-state index contributed by atoms with van der Waals surface area (Å²) in [6.07, 6.45) is 10.2. The Morgan fingerprint density at radius 2 is 1.54 bits per heavy atom. The highest BCUT2D eigenvalue weighted by atomic mass is 35.5. The number of benzene rings is 1. The van der Waals surface area contributed by atoms with Crippen LogP contribution in [0.4, 0.5) is 8.78 Å². The van der Waals surface area contributed by atoms with Crippen molar-refractivity contribution in [1.82, 2.24) is 5.16 Å². The van der Waals surface area contributed by atoms with Crippen LogP contribution < -0.4 is 0 Å². The first kappa shape index (κ1) is 18.9. The number of rotatable bonds is 10. The van der Waals surface area contributed by atoms with E-state index in [0.29, 0.717) is 12.2 Å². The van der Waals surface area contributed by atoms with Gasteiger partial charge in [0, 0.05) is 6.42 Å². The Bertz CT molecular complexity index is 622. The molecule has 132 valence electrons. The highest BCUT2D eigenvalue weighted by Crippen LogP contribution is 2.34. The Kier molecular flexibility index (Phi) is 7.70. The lowest BCUT2D eigenvalue weighted by Gasteiger charge is -2.02. The number of halogens is 3. The van der Waals surface area contributed by atoms with Gasteiger partial charge in [0.2, 0.25) is 0 Å². The quantitative estimate of drug-likeness (QED) is 0.430. The fourth-order valence-corrected chi connectivity index (χ4v) is 3.03. The first-order valence-electron chi connectivity index (χ1n) is 8.73. The first-order chi connectivity index (χ1) is 11.6. The molecule has 0 saturated carbocycles. The van der Waals surface area contributed by atoms with Crippen LogP contribution in [0.5, 0.6) is 0 Å². The zero-order chi connectivity index (χ0) is 17.4. The second-order valence-corrected chi connectivity index (χ2v) is 6.47. The highest BCUT2D eigenvalue weighted by molar-refractivity contribution is 6.33. The fourth-order valence-electron chi connectivity index (χ4n) is 2.77. The lowest BCUT2D eigenvalue weighted by molar-refractivity contribution is 0.379. The van der Waals surface area contributed by atoms with Gasteiger partial charge in [-0.3, -0.25) is 0 Å². The molecule has 0 bridgehead atoms. The summed E-state index contributed by atoms with van der Waals surface area (Å²) in [5.41, 5.74) is -0.185. The highest BCUT2D eigenvalue weighted by Gasteiger charge is 2.21. The van der Waals surface area contributed by atoms with Crippen molar-refractivity contribution in [2.75, 3.05) is 0 Å². The number of nitrogens with zero attached hydrogens (tertiary/aromatic N) is 1. The van der Waals surface area contributed by atoms with E-state index in [1.165, 1.54) is 56.7 Å². The van der Waals surface area contributed by atoms with Crippen LogP contribution in [0, 0.1) is 11.6 Å². The smallest absolute Gasteiger partial charge is 0.155 e. The van der Waals surface area contributed by atoms with Crippen molar-refractivity contribution in [2.24, 2.45) is 0 Å². The van der Waals surface area contributed by atoms with E-state index < -0.39 is 11.6 Å². The van der Waals surface area contributed by atoms with Crippen LogP contribution >= 0.6 is 11.6 Å². The van der Waals surface area contributed by atoms with Gasteiger partial charge in [-0.2, -0.15) is 0 Å². The molecule has 0 atom stereocenters. The molecule has 0 unspecified atom stereocenters. The van der Waals surface area contributed by atoms with Gasteiger partial charge in [-0.25, -0.2) is 8.78 Å². The molecule has 0 fully saturated rings. The number of aromatic nitrogens is 1. The summed E-state index contributed by atoms with van der Waals surface area (Å²) in [4.78, 5) is 0. The van der Waals surface area contributed by atoms with Crippen LogP contribution in [0.3, 0.4) is 0 Å². The molecule has 1 heterocycles. The van der Waals surface area contributed by atoms with E-state index >= 15 is 0 Å². The zero-order valence-electron chi connectivity index (χ0n) is 14.1. The van der Waals surface area contributed by atoms with Gasteiger partial charge >= 0.3 is 0 Å². The molecule has 0 saturated heterocycles. The van der Waals surface area contributed by atoms with Crippen molar-refractivity contribution in [3.8, 4) is 11.3 Å². The van der Waals surface area contributed by atoms with E-state index in [9.17, 15) is 8.78 Å². The summed E-state index contributed by atoms with van der Waals surface area (Å²) in [7, 11) is 0. The minimum atomic E-state index is -0.691. The lowest BCUT2D eigenvalue weighted by Crippen LogP contribution is -1.90. The number of hydrogen-bond acceptors (Lipinski definition) is 2. The van der Waals surface area contributed by atoms with Crippen molar-refractivity contribution in [1.29, 1.82) is 0 Å². The van der Waals surface area contributed by atoms with Crippen molar-refractivity contribution in [3.05, 3.63) is 40.6 Å². The van der Waals surface area contributed by atoms with E-state index in [2.05, 4.69) is 12.1 Å². The number of hydrogen-bond donors (Lipinski definition) is 0. The summed E-state index contributed by atoms with van der Waals surface area (Å²) in [6, 6.07) is 3.67. The summed E-state index contributed by atoms with van der Waals surface area (Å²) in [5, 5.41) is 3.98. The average Bonchev–Trinajstić information content (AvgIpc) is 2.91. The second kappa shape index (κ2) is 9.77. The number of unbranched alkanes of at least 4 members (excludes halogenated alkanes) is 7. The monoisotopic (exact) mass is 355 g/mol. The number of aryl methyl sites for hydroxylation is 1. The molecule has 2 nitrogen and oxygen atoms in total. The van der Waals surface area contributed by atoms with Gasteiger partial charge in [-0.05, 0) is 18.6 Å². The standard InChI is InChI=1S/C19H24ClF2NO/c1-2-3-4-5-6-7-8-9-13-16-18(20)19(23-24-16)17-14(21)11-10-12-15(17)22/h10-12H,2-9,13H2,1H3. The normalized spacial score (nSPS) is 11.2. The Hall–Kier alpha value is -1.42. The third-order valence-corrected chi connectivity index (χ3v) is 4.55. The summed E-state index contributed by atoms with van der Waals surface area (Å²) in [6.45, 7) is 2.21. The molecule has 5 heteroatoms. The van der Waals surface area contributed by atoms with Gasteiger partial charge in [0.1, 0.15) is 22.4 Å². The molecular weight excluding hydrogens is 332 g/mol. The molecular formula is C19H24ClF2NO. The molecule has 0 N–H and O–H groups in total. The molecule has 1 aromatic heterocycles. The maximum atomic E-state index is 13.8. The van der Waals surface area contributed by atoms with Crippen LogP contribution in [0.15, 0.2) is 22.7 Å². The van der Waals surface area contributed by atoms with Crippen LogP contribution in [0.2, 0.25) is 5.02 Å². The minimum absolute atomic E-state index is 0.0434. The maximum Gasteiger partial charge on any atom is 0.155 e.